The number of nitrogens with zero attached hydrogens (tertiary/aromatic N) is 2. The Morgan fingerprint density at radius 2 is 2.00 bits per heavy atom. The molecule has 0 heterocycles. The number of aliphatic hydroxyl groups is 1. The molecule has 0 amide bonds. The van der Waals surface area contributed by atoms with E-state index in [1.54, 1.807) is 19.1 Å². The molecule has 104 valence electrons. The Morgan fingerprint density at radius 1 is 1.42 bits per heavy atom. The van der Waals surface area contributed by atoms with E-state index in [4.69, 9.17) is 5.26 Å². The summed E-state index contributed by atoms with van der Waals surface area (Å²) in [6.07, 6.45) is 0. The molecular weight excluding hydrogens is 264 g/mol. The summed E-state index contributed by atoms with van der Waals surface area (Å²) < 4.78 is 25.9. The van der Waals surface area contributed by atoms with Crippen molar-refractivity contribution in [2.24, 2.45) is 0 Å². The molecule has 0 aliphatic heterocycles. The van der Waals surface area contributed by atoms with E-state index in [0.717, 1.165) is 4.31 Å². The van der Waals surface area contributed by atoms with Gasteiger partial charge in [0.05, 0.1) is 22.1 Å². The zero-order chi connectivity index (χ0) is 14.8. The van der Waals surface area contributed by atoms with Crippen LogP contribution >= 0.6 is 0 Å². The minimum atomic E-state index is -3.71. The van der Waals surface area contributed by atoms with Gasteiger partial charge in [0.15, 0.2) is 0 Å². The third kappa shape index (κ3) is 3.77. The number of hydrogen-bond donors (Lipinski definition) is 1. The molecule has 1 rings (SSSR count). The lowest BCUT2D eigenvalue weighted by atomic mass is 10.1. The van der Waals surface area contributed by atoms with E-state index in [2.05, 4.69) is 0 Å². The summed E-state index contributed by atoms with van der Waals surface area (Å²) in [5.74, 6) is 0. The van der Waals surface area contributed by atoms with Crippen LogP contribution < -0.4 is 0 Å². The number of benzene rings is 1. The van der Waals surface area contributed by atoms with Crippen LogP contribution in [0.2, 0.25) is 0 Å². The van der Waals surface area contributed by atoms with Gasteiger partial charge < -0.3 is 5.11 Å². The van der Waals surface area contributed by atoms with Crippen LogP contribution in [0, 0.1) is 18.3 Å². The molecule has 0 fully saturated rings. The van der Waals surface area contributed by atoms with Crippen molar-refractivity contribution in [3.05, 3.63) is 29.3 Å². The molecule has 0 unspecified atom stereocenters. The van der Waals surface area contributed by atoms with Crippen molar-refractivity contribution in [2.45, 2.75) is 31.3 Å². The molecule has 1 N–H and O–H groups in total. The van der Waals surface area contributed by atoms with E-state index in [1.165, 1.54) is 27.0 Å². The molecule has 6 heteroatoms. The average Bonchev–Trinajstić information content (AvgIpc) is 2.27. The van der Waals surface area contributed by atoms with Gasteiger partial charge in [0.2, 0.25) is 10.0 Å². The molecule has 1 aromatic rings. The fraction of sp³-hybridized carbons (Fsp3) is 0.462. The fourth-order valence-electron chi connectivity index (χ4n) is 1.75. The van der Waals surface area contributed by atoms with Crippen molar-refractivity contribution in [1.82, 2.24) is 4.31 Å². The van der Waals surface area contributed by atoms with Gasteiger partial charge in [-0.1, -0.05) is 6.07 Å². The van der Waals surface area contributed by atoms with Gasteiger partial charge in [0.25, 0.3) is 0 Å². The van der Waals surface area contributed by atoms with Gasteiger partial charge in [0, 0.05) is 13.6 Å². The highest BCUT2D eigenvalue weighted by Crippen LogP contribution is 2.21. The maximum atomic E-state index is 12.4. The van der Waals surface area contributed by atoms with Crippen molar-refractivity contribution in [3.8, 4) is 6.07 Å². The van der Waals surface area contributed by atoms with Crippen molar-refractivity contribution in [3.63, 3.8) is 0 Å². The highest BCUT2D eigenvalue weighted by atomic mass is 32.2. The average molecular weight is 282 g/mol. The van der Waals surface area contributed by atoms with Crippen molar-refractivity contribution in [1.29, 1.82) is 5.26 Å². The number of sulfonamides is 1. The molecule has 0 spiro atoms. The first kappa shape index (κ1) is 15.6. The quantitative estimate of drug-likeness (QED) is 0.901. The molecule has 0 saturated heterocycles. The van der Waals surface area contributed by atoms with Crippen molar-refractivity contribution in [2.75, 3.05) is 13.6 Å². The van der Waals surface area contributed by atoms with E-state index in [-0.39, 0.29) is 11.4 Å². The Balaban J connectivity index is 3.24. The lowest BCUT2D eigenvalue weighted by Crippen LogP contribution is -2.39. The summed E-state index contributed by atoms with van der Waals surface area (Å²) in [6.45, 7) is 4.73. The maximum Gasteiger partial charge on any atom is 0.243 e. The van der Waals surface area contributed by atoms with Crippen LogP contribution in [0.4, 0.5) is 0 Å². The van der Waals surface area contributed by atoms with Crippen LogP contribution in [0.25, 0.3) is 0 Å². The van der Waals surface area contributed by atoms with Gasteiger partial charge in [-0.2, -0.15) is 9.57 Å². The van der Waals surface area contributed by atoms with E-state index >= 15 is 0 Å². The van der Waals surface area contributed by atoms with Gasteiger partial charge in [0.1, 0.15) is 0 Å². The van der Waals surface area contributed by atoms with Crippen LogP contribution in [-0.2, 0) is 10.0 Å². The standard InChI is InChI=1S/C13H18N2O3S/c1-10-5-6-11(8-14)7-12(10)19(17,18)15(4)9-13(2,3)16/h5-7,16H,9H2,1-4H3. The van der Waals surface area contributed by atoms with Gasteiger partial charge >= 0.3 is 0 Å². The number of hydrogen-bond acceptors (Lipinski definition) is 4. The second-order valence-corrected chi connectivity index (χ2v) is 7.18. The smallest absolute Gasteiger partial charge is 0.243 e. The first-order valence-electron chi connectivity index (χ1n) is 5.77. The van der Waals surface area contributed by atoms with Gasteiger partial charge in [-0.15, -0.1) is 0 Å². The third-order valence-corrected chi connectivity index (χ3v) is 4.56. The van der Waals surface area contributed by atoms with Crippen molar-refractivity contribution >= 4 is 10.0 Å². The molecule has 0 aliphatic carbocycles. The Morgan fingerprint density at radius 3 is 2.47 bits per heavy atom. The van der Waals surface area contributed by atoms with E-state index in [9.17, 15) is 13.5 Å². The zero-order valence-electron chi connectivity index (χ0n) is 11.5. The van der Waals surface area contributed by atoms with Crippen LogP contribution in [0.1, 0.15) is 25.0 Å². The predicted octanol–water partition coefficient (Wildman–Crippen LogP) is 1.26. The molecular formula is C13H18N2O3S. The summed E-state index contributed by atoms with van der Waals surface area (Å²) in [5, 5.41) is 18.6. The molecule has 0 radical (unpaired) electrons. The predicted molar refractivity (Wildman–Crippen MR) is 72.0 cm³/mol. The number of likely N-dealkylation sites (N-methyl/N-ethyl adjacent to an activating group) is 1. The van der Waals surface area contributed by atoms with Crippen molar-refractivity contribution < 1.29 is 13.5 Å². The zero-order valence-corrected chi connectivity index (χ0v) is 12.3. The Hall–Kier alpha value is -1.42. The Bertz CT molecular complexity index is 610. The largest absolute Gasteiger partial charge is 0.389 e. The monoisotopic (exact) mass is 282 g/mol. The van der Waals surface area contributed by atoms with Crippen LogP contribution in [-0.4, -0.2) is 37.0 Å². The molecule has 0 aromatic heterocycles. The molecule has 1 aromatic carbocycles. The fourth-order valence-corrected chi connectivity index (χ4v) is 3.32. The van der Waals surface area contributed by atoms with Gasteiger partial charge in [-0.3, -0.25) is 0 Å². The highest BCUT2D eigenvalue weighted by Gasteiger charge is 2.27. The summed E-state index contributed by atoms with van der Waals surface area (Å²) in [4.78, 5) is 0.0956. The minimum Gasteiger partial charge on any atom is -0.389 e. The summed E-state index contributed by atoms with van der Waals surface area (Å²) >= 11 is 0. The van der Waals surface area contributed by atoms with Gasteiger partial charge in [-0.05, 0) is 38.5 Å². The highest BCUT2D eigenvalue weighted by molar-refractivity contribution is 7.89. The third-order valence-electron chi connectivity index (χ3n) is 2.62. The second kappa shape index (κ2) is 5.29. The summed E-state index contributed by atoms with van der Waals surface area (Å²) in [5.41, 5.74) is -0.259. The Labute approximate surface area is 114 Å². The SMILES string of the molecule is Cc1ccc(C#N)cc1S(=O)(=O)N(C)CC(C)(C)O. The normalized spacial score (nSPS) is 12.5. The summed E-state index contributed by atoms with van der Waals surface area (Å²) in [6, 6.07) is 6.45. The number of aryl methyl sites for hydroxylation is 1. The molecule has 0 atom stereocenters. The van der Waals surface area contributed by atoms with Crippen LogP contribution in [0.5, 0.6) is 0 Å². The lowest BCUT2D eigenvalue weighted by molar-refractivity contribution is 0.0640. The Kier molecular flexibility index (Phi) is 4.35. The van der Waals surface area contributed by atoms with E-state index in [1.807, 2.05) is 6.07 Å². The van der Waals surface area contributed by atoms with E-state index < -0.39 is 15.6 Å². The number of nitriles is 1. The second-order valence-electron chi connectivity index (χ2n) is 5.17. The first-order chi connectivity index (χ1) is 8.58. The maximum absolute atomic E-state index is 12.4. The minimum absolute atomic E-state index is 0.0223. The molecule has 19 heavy (non-hydrogen) atoms. The topological polar surface area (TPSA) is 81.4 Å². The molecule has 5 nitrogen and oxygen atoms in total. The lowest BCUT2D eigenvalue weighted by Gasteiger charge is -2.25. The molecule has 0 aliphatic rings. The first-order valence-corrected chi connectivity index (χ1v) is 7.21. The van der Waals surface area contributed by atoms with Crippen LogP contribution in [0.15, 0.2) is 23.1 Å². The number of rotatable bonds is 4. The van der Waals surface area contributed by atoms with Gasteiger partial charge in [-0.25, -0.2) is 8.42 Å². The molecule has 0 saturated carbocycles. The van der Waals surface area contributed by atoms with E-state index in [0.29, 0.717) is 11.1 Å². The van der Waals surface area contributed by atoms with Crippen LogP contribution in [0.3, 0.4) is 0 Å². The summed E-state index contributed by atoms with van der Waals surface area (Å²) in [7, 11) is -2.30. The molecule has 0 bridgehead atoms.